The van der Waals surface area contributed by atoms with Gasteiger partial charge < -0.3 is 29.2 Å². The van der Waals surface area contributed by atoms with Gasteiger partial charge in [0.25, 0.3) is 0 Å². The lowest BCUT2D eigenvalue weighted by Crippen LogP contribution is -2.24. The van der Waals surface area contributed by atoms with E-state index in [2.05, 4.69) is 10.3 Å². The van der Waals surface area contributed by atoms with Crippen LogP contribution in [0.25, 0.3) is 0 Å². The molecule has 0 saturated heterocycles. The van der Waals surface area contributed by atoms with Gasteiger partial charge in [0.15, 0.2) is 16.7 Å². The number of fused-ring (bicyclic) bond motifs is 1. The van der Waals surface area contributed by atoms with Crippen LogP contribution in [-0.4, -0.2) is 40.2 Å². The average Bonchev–Trinajstić information content (AvgIpc) is 3.43. The van der Waals surface area contributed by atoms with Crippen LogP contribution in [0.2, 0.25) is 0 Å². The molecule has 9 heteroatoms. The molecule has 31 heavy (non-hydrogen) atoms. The third kappa shape index (κ3) is 5.31. The highest BCUT2D eigenvalue weighted by Gasteiger charge is 2.14. The molecule has 1 aliphatic rings. The van der Waals surface area contributed by atoms with Gasteiger partial charge in [0.2, 0.25) is 12.7 Å². The number of aromatic nitrogens is 2. The molecule has 1 aromatic heterocycles. The third-order valence-electron chi connectivity index (χ3n) is 4.72. The summed E-state index contributed by atoms with van der Waals surface area (Å²) in [6.07, 6.45) is 1.80. The van der Waals surface area contributed by atoms with Crippen molar-refractivity contribution < 1.29 is 24.1 Å². The maximum atomic E-state index is 12.4. The Kier molecular flexibility index (Phi) is 6.63. The number of carbonyl (C=O) groups is 1. The Morgan fingerprint density at radius 1 is 1.19 bits per heavy atom. The summed E-state index contributed by atoms with van der Waals surface area (Å²) in [7, 11) is 1.63. The molecule has 1 amide bonds. The number of thioether (sulfide) groups is 1. The minimum Gasteiger partial charge on any atom is -0.497 e. The van der Waals surface area contributed by atoms with Crippen LogP contribution < -0.4 is 19.5 Å². The van der Waals surface area contributed by atoms with E-state index in [1.807, 2.05) is 47.0 Å². The lowest BCUT2D eigenvalue weighted by molar-refractivity contribution is -0.118. The van der Waals surface area contributed by atoms with Crippen LogP contribution in [0.4, 0.5) is 0 Å². The molecule has 0 fully saturated rings. The number of hydrogen-bond acceptors (Lipinski definition) is 7. The fraction of sp³-hybridized carbons (Fsp3) is 0.273. The number of hydrogen-bond donors (Lipinski definition) is 2. The predicted octanol–water partition coefficient (Wildman–Crippen LogP) is 2.57. The van der Waals surface area contributed by atoms with Gasteiger partial charge in [-0.15, -0.1) is 0 Å². The van der Waals surface area contributed by atoms with Gasteiger partial charge in [-0.05, 0) is 35.4 Å². The quantitative estimate of drug-likeness (QED) is 0.493. The van der Waals surface area contributed by atoms with Crippen LogP contribution in [0, 0.1) is 0 Å². The van der Waals surface area contributed by atoms with Crippen LogP contribution in [-0.2, 0) is 24.5 Å². The van der Waals surface area contributed by atoms with Gasteiger partial charge in [0, 0.05) is 19.3 Å². The van der Waals surface area contributed by atoms with Crippen molar-refractivity contribution in [2.45, 2.75) is 24.9 Å². The van der Waals surface area contributed by atoms with E-state index >= 15 is 0 Å². The lowest BCUT2D eigenvalue weighted by atomic mass is 10.2. The molecule has 2 heterocycles. The first-order valence-electron chi connectivity index (χ1n) is 9.72. The molecule has 3 aromatic rings. The van der Waals surface area contributed by atoms with E-state index in [1.54, 1.807) is 13.3 Å². The Morgan fingerprint density at radius 2 is 1.97 bits per heavy atom. The topological polar surface area (TPSA) is 94.8 Å². The molecular weight excluding hydrogens is 418 g/mol. The number of imidazole rings is 1. The lowest BCUT2D eigenvalue weighted by Gasteiger charge is -2.09. The van der Waals surface area contributed by atoms with Gasteiger partial charge in [-0.25, -0.2) is 4.98 Å². The van der Waals surface area contributed by atoms with E-state index in [4.69, 9.17) is 14.2 Å². The second-order valence-corrected chi connectivity index (χ2v) is 7.84. The van der Waals surface area contributed by atoms with Crippen molar-refractivity contribution >= 4 is 17.7 Å². The Balaban J connectivity index is 1.33. The number of aliphatic hydroxyl groups excluding tert-OH is 1. The van der Waals surface area contributed by atoms with Gasteiger partial charge in [-0.2, -0.15) is 0 Å². The number of nitrogens with zero attached hydrogens (tertiary/aromatic N) is 2. The molecule has 162 valence electrons. The van der Waals surface area contributed by atoms with Crippen molar-refractivity contribution in [1.82, 2.24) is 14.9 Å². The fourth-order valence-corrected chi connectivity index (χ4v) is 3.94. The number of ether oxygens (including phenoxy) is 3. The highest BCUT2D eigenvalue weighted by molar-refractivity contribution is 7.99. The predicted molar refractivity (Wildman–Crippen MR) is 115 cm³/mol. The number of aliphatic hydroxyl groups is 1. The summed E-state index contributed by atoms with van der Waals surface area (Å²) >= 11 is 1.33. The molecule has 0 saturated carbocycles. The maximum Gasteiger partial charge on any atom is 0.231 e. The summed E-state index contributed by atoms with van der Waals surface area (Å²) in [5.74, 6) is 2.31. The zero-order valence-electron chi connectivity index (χ0n) is 17.0. The first kappa shape index (κ1) is 21.1. The minimum absolute atomic E-state index is 0.104. The van der Waals surface area contributed by atoms with Gasteiger partial charge in [0.05, 0.1) is 25.2 Å². The Hall–Kier alpha value is -3.17. The molecule has 1 aliphatic heterocycles. The highest BCUT2D eigenvalue weighted by atomic mass is 32.2. The van der Waals surface area contributed by atoms with E-state index in [0.29, 0.717) is 35.4 Å². The van der Waals surface area contributed by atoms with Crippen molar-refractivity contribution in [3.8, 4) is 17.2 Å². The zero-order valence-corrected chi connectivity index (χ0v) is 17.9. The van der Waals surface area contributed by atoms with E-state index in [1.165, 1.54) is 11.8 Å². The number of methoxy groups -OCH3 is 1. The first-order chi connectivity index (χ1) is 15.1. The molecule has 0 unspecified atom stereocenters. The molecule has 0 aliphatic carbocycles. The number of nitrogens with one attached hydrogen (secondary N) is 1. The SMILES string of the molecule is COc1ccc(Cn2cc(CO)nc2SCC(=O)NCc2ccc3c(c2)OCO3)cc1. The van der Waals surface area contributed by atoms with Crippen LogP contribution in [0.5, 0.6) is 17.2 Å². The summed E-state index contributed by atoms with van der Waals surface area (Å²) < 4.78 is 17.8. The zero-order chi connectivity index (χ0) is 21.6. The molecule has 4 rings (SSSR count). The monoisotopic (exact) mass is 441 g/mol. The molecular formula is C22H23N3O5S. The Labute approximate surface area is 184 Å². The molecule has 0 atom stereocenters. The molecule has 2 aromatic carbocycles. The standard InChI is InChI=1S/C22H23N3O5S/c1-28-18-5-2-15(3-6-18)10-25-11-17(12-26)24-22(25)31-13-21(27)23-9-16-4-7-19-20(8-16)30-14-29-19/h2-8,11,26H,9-10,12-14H2,1H3,(H,23,27). The van der Waals surface area contributed by atoms with Gasteiger partial charge in [-0.1, -0.05) is 30.0 Å². The molecule has 0 radical (unpaired) electrons. The largest absolute Gasteiger partial charge is 0.497 e. The number of amides is 1. The van der Waals surface area contributed by atoms with E-state index < -0.39 is 0 Å². The van der Waals surface area contributed by atoms with E-state index in [-0.39, 0.29) is 25.1 Å². The fourth-order valence-electron chi connectivity index (χ4n) is 3.12. The minimum atomic E-state index is -0.153. The molecule has 0 spiro atoms. The summed E-state index contributed by atoms with van der Waals surface area (Å²) in [6.45, 7) is 1.05. The van der Waals surface area contributed by atoms with Crippen LogP contribution in [0.3, 0.4) is 0 Å². The number of rotatable bonds is 9. The third-order valence-corrected chi connectivity index (χ3v) is 5.71. The molecule has 8 nitrogen and oxygen atoms in total. The van der Waals surface area contributed by atoms with Crippen molar-refractivity contribution in [2.24, 2.45) is 0 Å². The van der Waals surface area contributed by atoms with Crippen molar-refractivity contribution in [3.63, 3.8) is 0 Å². The van der Waals surface area contributed by atoms with E-state index in [9.17, 15) is 9.90 Å². The number of benzene rings is 2. The van der Waals surface area contributed by atoms with Gasteiger partial charge in [-0.3, -0.25) is 4.79 Å². The highest BCUT2D eigenvalue weighted by Crippen LogP contribution is 2.32. The van der Waals surface area contributed by atoms with Crippen molar-refractivity contribution in [2.75, 3.05) is 19.7 Å². The average molecular weight is 442 g/mol. The van der Waals surface area contributed by atoms with Gasteiger partial charge >= 0.3 is 0 Å². The second kappa shape index (κ2) is 9.76. The summed E-state index contributed by atoms with van der Waals surface area (Å²) in [4.78, 5) is 16.8. The van der Waals surface area contributed by atoms with Crippen LogP contribution >= 0.6 is 11.8 Å². The first-order valence-corrected chi connectivity index (χ1v) is 10.7. The molecule has 0 bridgehead atoms. The summed E-state index contributed by atoms with van der Waals surface area (Å²) in [6, 6.07) is 13.4. The van der Waals surface area contributed by atoms with E-state index in [0.717, 1.165) is 16.9 Å². The smallest absolute Gasteiger partial charge is 0.231 e. The molecule has 2 N–H and O–H groups in total. The van der Waals surface area contributed by atoms with Gasteiger partial charge in [0.1, 0.15) is 5.75 Å². The van der Waals surface area contributed by atoms with Crippen LogP contribution in [0.15, 0.2) is 53.8 Å². The van der Waals surface area contributed by atoms with Crippen molar-refractivity contribution in [3.05, 3.63) is 65.5 Å². The number of carbonyl (C=O) groups excluding carboxylic acids is 1. The van der Waals surface area contributed by atoms with Crippen molar-refractivity contribution in [1.29, 1.82) is 0 Å². The Morgan fingerprint density at radius 3 is 2.74 bits per heavy atom. The Bertz CT molecular complexity index is 1050. The summed E-state index contributed by atoms with van der Waals surface area (Å²) in [5, 5.41) is 13.0. The second-order valence-electron chi connectivity index (χ2n) is 6.90. The summed E-state index contributed by atoms with van der Waals surface area (Å²) in [5.41, 5.74) is 2.57. The normalized spacial score (nSPS) is 12.1. The maximum absolute atomic E-state index is 12.4. The van der Waals surface area contributed by atoms with Crippen LogP contribution in [0.1, 0.15) is 16.8 Å².